The van der Waals surface area contributed by atoms with Crippen LogP contribution in [0.3, 0.4) is 0 Å². The maximum Gasteiger partial charge on any atom is 0.339 e. The van der Waals surface area contributed by atoms with Crippen molar-refractivity contribution >= 4 is 24.1 Å². The molecule has 42 heavy (non-hydrogen) atoms. The van der Waals surface area contributed by atoms with Crippen LogP contribution >= 0.6 is 0 Å². The Balaban J connectivity index is 0.000000363. The highest BCUT2D eigenvalue weighted by Crippen LogP contribution is 2.14. The number of hydrogen-bond acceptors (Lipinski definition) is 4. The molecule has 0 aliphatic rings. The zero-order chi connectivity index (χ0) is 30.1. The number of benzene rings is 3. The lowest BCUT2D eigenvalue weighted by Gasteiger charge is -2.10. The molecule has 3 aromatic rings. The number of rotatable bonds is 18. The van der Waals surface area contributed by atoms with Gasteiger partial charge in [-0.2, -0.15) is 0 Å². The first-order valence-electron chi connectivity index (χ1n) is 15.9. The summed E-state index contributed by atoms with van der Waals surface area (Å²) in [5, 5.41) is 0. The van der Waals surface area contributed by atoms with E-state index in [2.05, 4.69) is 50.3 Å². The summed E-state index contributed by atoms with van der Waals surface area (Å²) < 4.78 is 10.7. The van der Waals surface area contributed by atoms with Crippen LogP contribution in [0.5, 0.6) is 0 Å². The van der Waals surface area contributed by atoms with Gasteiger partial charge in [0.1, 0.15) is 0 Å². The fourth-order valence-electron chi connectivity index (χ4n) is 4.41. The molecule has 0 aromatic heterocycles. The zero-order valence-electron chi connectivity index (χ0n) is 25.8. The van der Waals surface area contributed by atoms with E-state index >= 15 is 0 Å². The molecular weight excluding hydrogens is 520 g/mol. The van der Waals surface area contributed by atoms with E-state index in [1.54, 1.807) is 24.3 Å². The second kappa shape index (κ2) is 23.0. The van der Waals surface area contributed by atoms with Crippen LogP contribution in [0.15, 0.2) is 84.9 Å². The van der Waals surface area contributed by atoms with Gasteiger partial charge in [0.05, 0.1) is 24.3 Å². The first-order valence-corrected chi connectivity index (χ1v) is 15.9. The van der Waals surface area contributed by atoms with Gasteiger partial charge >= 0.3 is 11.9 Å². The summed E-state index contributed by atoms with van der Waals surface area (Å²) in [6.45, 7) is 5.17. The number of esters is 2. The van der Waals surface area contributed by atoms with Gasteiger partial charge in [0.15, 0.2) is 0 Å². The van der Waals surface area contributed by atoms with Crippen molar-refractivity contribution in [3.8, 4) is 0 Å². The smallest absolute Gasteiger partial charge is 0.339 e. The Morgan fingerprint density at radius 1 is 0.476 bits per heavy atom. The van der Waals surface area contributed by atoms with E-state index in [0.717, 1.165) is 25.7 Å². The summed E-state index contributed by atoms with van der Waals surface area (Å²) >= 11 is 0. The van der Waals surface area contributed by atoms with Crippen molar-refractivity contribution in [2.24, 2.45) is 0 Å². The molecule has 0 amide bonds. The molecule has 3 aromatic carbocycles. The fraction of sp³-hybridized carbons (Fsp3) is 0.421. The van der Waals surface area contributed by atoms with Crippen LogP contribution in [0.4, 0.5) is 0 Å². The quantitative estimate of drug-likeness (QED) is 0.0867. The van der Waals surface area contributed by atoms with Gasteiger partial charge in [0.2, 0.25) is 0 Å². The Hall–Kier alpha value is -3.66. The van der Waals surface area contributed by atoms with Crippen LogP contribution < -0.4 is 0 Å². The largest absolute Gasteiger partial charge is 0.462 e. The Labute approximate surface area is 254 Å². The molecule has 0 radical (unpaired) electrons. The van der Waals surface area contributed by atoms with E-state index in [4.69, 9.17) is 9.47 Å². The van der Waals surface area contributed by atoms with Crippen molar-refractivity contribution in [1.29, 1.82) is 0 Å². The van der Waals surface area contributed by atoms with E-state index in [1.165, 1.54) is 62.5 Å². The molecule has 0 saturated carbocycles. The lowest BCUT2D eigenvalue weighted by molar-refractivity contribution is 0.0450. The molecule has 0 heterocycles. The molecule has 4 nitrogen and oxygen atoms in total. The van der Waals surface area contributed by atoms with E-state index in [0.29, 0.717) is 24.3 Å². The minimum atomic E-state index is -0.444. The molecule has 0 fully saturated rings. The molecular formula is C38H50O4. The third-order valence-corrected chi connectivity index (χ3v) is 6.90. The first kappa shape index (κ1) is 34.5. The summed E-state index contributed by atoms with van der Waals surface area (Å²) in [6, 6.07) is 27.4. The predicted molar refractivity (Wildman–Crippen MR) is 176 cm³/mol. The molecule has 0 bridgehead atoms. The molecule has 0 N–H and O–H groups in total. The fourth-order valence-corrected chi connectivity index (χ4v) is 4.41. The lowest BCUT2D eigenvalue weighted by atomic mass is 10.1. The van der Waals surface area contributed by atoms with Crippen molar-refractivity contribution in [3.05, 3.63) is 107 Å². The van der Waals surface area contributed by atoms with Crippen LogP contribution in [0, 0.1) is 0 Å². The van der Waals surface area contributed by atoms with Crippen molar-refractivity contribution in [2.45, 2.75) is 90.9 Å². The summed E-state index contributed by atoms with van der Waals surface area (Å²) in [5.74, 6) is -0.888. The molecule has 0 atom stereocenters. The molecule has 0 aliphatic heterocycles. The maximum atomic E-state index is 12.4. The number of unbranched alkanes of at least 4 members (excludes halogenated alkanes) is 10. The van der Waals surface area contributed by atoms with Crippen molar-refractivity contribution in [1.82, 2.24) is 0 Å². The van der Waals surface area contributed by atoms with Crippen LogP contribution in [0.2, 0.25) is 0 Å². The van der Waals surface area contributed by atoms with Crippen molar-refractivity contribution in [3.63, 3.8) is 0 Å². The maximum absolute atomic E-state index is 12.4. The average molecular weight is 571 g/mol. The van der Waals surface area contributed by atoms with E-state index in [-0.39, 0.29) is 0 Å². The predicted octanol–water partition coefficient (Wildman–Crippen LogP) is 10.6. The molecule has 0 unspecified atom stereocenters. The SMILES string of the molecule is C(=Cc1ccccc1)c1ccccc1.CCCCCCCCOC(=O)c1ccccc1C(=O)OCCCCCCCC. The monoisotopic (exact) mass is 570 g/mol. The van der Waals surface area contributed by atoms with Crippen LogP contribution in [0.25, 0.3) is 12.2 Å². The highest BCUT2D eigenvalue weighted by molar-refractivity contribution is 6.03. The standard InChI is InChI=1S/C24H38O4.C14H12/c1-3-5-7-9-11-15-19-27-23(25)21-17-13-14-18-22(21)24(26)28-20-16-12-10-8-6-4-2;1-3-7-13(8-4-1)11-12-14-9-5-2-6-10-14/h13-14,17-18H,3-12,15-16,19-20H2,1-2H3;1-12H. The van der Waals surface area contributed by atoms with Crippen molar-refractivity contribution in [2.75, 3.05) is 13.2 Å². The number of ether oxygens (including phenoxy) is 2. The third-order valence-electron chi connectivity index (χ3n) is 6.90. The second-order valence-corrected chi connectivity index (χ2v) is 10.5. The minimum absolute atomic E-state index is 0.293. The Morgan fingerprint density at radius 3 is 1.19 bits per heavy atom. The Kier molecular flexibility index (Phi) is 18.9. The van der Waals surface area contributed by atoms with Gasteiger partial charge in [-0.05, 0) is 36.1 Å². The van der Waals surface area contributed by atoms with Gasteiger partial charge in [-0.25, -0.2) is 9.59 Å². The van der Waals surface area contributed by atoms with Gasteiger partial charge in [-0.1, -0.05) is 163 Å². The normalized spacial score (nSPS) is 10.6. The summed E-state index contributed by atoms with van der Waals surface area (Å²) in [7, 11) is 0. The van der Waals surface area contributed by atoms with E-state index in [1.807, 2.05) is 36.4 Å². The van der Waals surface area contributed by atoms with Gasteiger partial charge in [0, 0.05) is 0 Å². The highest BCUT2D eigenvalue weighted by atomic mass is 16.5. The van der Waals surface area contributed by atoms with Crippen LogP contribution in [-0.2, 0) is 9.47 Å². The molecule has 0 aliphatic carbocycles. The Morgan fingerprint density at radius 2 is 0.810 bits per heavy atom. The summed E-state index contributed by atoms with van der Waals surface area (Å²) in [4.78, 5) is 24.7. The van der Waals surface area contributed by atoms with Crippen LogP contribution in [0.1, 0.15) is 123 Å². The topological polar surface area (TPSA) is 52.6 Å². The summed E-state index contributed by atoms with van der Waals surface area (Å²) in [5.41, 5.74) is 3.05. The van der Waals surface area contributed by atoms with Gasteiger partial charge < -0.3 is 9.47 Å². The molecule has 226 valence electrons. The molecule has 0 spiro atoms. The van der Waals surface area contributed by atoms with Gasteiger partial charge in [-0.3, -0.25) is 0 Å². The van der Waals surface area contributed by atoms with Crippen LogP contribution in [-0.4, -0.2) is 25.2 Å². The number of hydrogen-bond donors (Lipinski definition) is 0. The summed E-state index contributed by atoms with van der Waals surface area (Å²) in [6.07, 6.45) is 17.9. The first-order chi connectivity index (χ1) is 20.7. The Bertz CT molecular complexity index is 1050. The number of carbonyl (C=O) groups is 2. The van der Waals surface area contributed by atoms with Gasteiger partial charge in [-0.15, -0.1) is 0 Å². The molecule has 0 saturated heterocycles. The average Bonchev–Trinajstić information content (AvgIpc) is 3.04. The number of carbonyl (C=O) groups excluding carboxylic acids is 2. The lowest BCUT2D eigenvalue weighted by Crippen LogP contribution is -2.15. The van der Waals surface area contributed by atoms with E-state index in [9.17, 15) is 9.59 Å². The van der Waals surface area contributed by atoms with Gasteiger partial charge in [0.25, 0.3) is 0 Å². The molecule has 3 rings (SSSR count). The minimum Gasteiger partial charge on any atom is -0.462 e. The highest BCUT2D eigenvalue weighted by Gasteiger charge is 2.18. The second-order valence-electron chi connectivity index (χ2n) is 10.5. The molecule has 4 heteroatoms. The van der Waals surface area contributed by atoms with Crippen molar-refractivity contribution < 1.29 is 19.1 Å². The third kappa shape index (κ3) is 15.4. The van der Waals surface area contributed by atoms with E-state index < -0.39 is 11.9 Å². The zero-order valence-corrected chi connectivity index (χ0v) is 25.8.